The van der Waals surface area contributed by atoms with Crippen molar-refractivity contribution in [3.63, 3.8) is 0 Å². The molecule has 2 atom stereocenters. The molecule has 3 N–H and O–H groups in total. The Hall–Kier alpha value is -2.29. The van der Waals surface area contributed by atoms with E-state index in [2.05, 4.69) is 16.0 Å². The van der Waals surface area contributed by atoms with E-state index >= 15 is 0 Å². The van der Waals surface area contributed by atoms with Gasteiger partial charge in [-0.2, -0.15) is 0 Å². The molecular weight excluding hydrogens is 372 g/mol. The van der Waals surface area contributed by atoms with Crippen molar-refractivity contribution < 1.29 is 19.1 Å². The molecule has 0 aliphatic carbocycles. The molecule has 8 nitrogen and oxygen atoms in total. The predicted octanol–water partition coefficient (Wildman–Crippen LogP) is 0.306. The first kappa shape index (κ1) is 20.0. The predicted molar refractivity (Wildman–Crippen MR) is 106 cm³/mol. The molecule has 2 saturated heterocycles. The zero-order valence-electron chi connectivity index (χ0n) is 16.8. The Morgan fingerprint density at radius 2 is 2.17 bits per heavy atom. The lowest BCUT2D eigenvalue weighted by Gasteiger charge is -2.29. The minimum atomic E-state index is -0.582. The number of hydrogen-bond donors (Lipinski definition) is 3. The van der Waals surface area contributed by atoms with Gasteiger partial charge in [-0.25, -0.2) is 0 Å². The largest absolute Gasteiger partial charge is 0.383 e. The van der Waals surface area contributed by atoms with E-state index in [9.17, 15) is 14.4 Å². The number of imide groups is 1. The van der Waals surface area contributed by atoms with Crippen molar-refractivity contribution >= 4 is 17.7 Å². The Morgan fingerprint density at radius 1 is 1.31 bits per heavy atom. The number of fused-ring (bicyclic) bond motifs is 1. The van der Waals surface area contributed by atoms with Gasteiger partial charge in [0.2, 0.25) is 11.8 Å². The van der Waals surface area contributed by atoms with Crippen LogP contribution in [0.4, 0.5) is 0 Å². The summed E-state index contributed by atoms with van der Waals surface area (Å²) in [5.41, 5.74) is 2.65. The summed E-state index contributed by atoms with van der Waals surface area (Å²) in [6, 6.07) is 5.15. The van der Waals surface area contributed by atoms with Crippen LogP contribution in [0.2, 0.25) is 0 Å². The van der Waals surface area contributed by atoms with Crippen molar-refractivity contribution in [3.05, 3.63) is 34.9 Å². The highest BCUT2D eigenvalue weighted by atomic mass is 16.5. The number of nitrogens with one attached hydrogen (secondary N) is 3. The number of rotatable bonds is 7. The van der Waals surface area contributed by atoms with Crippen LogP contribution in [0.25, 0.3) is 0 Å². The number of benzene rings is 1. The van der Waals surface area contributed by atoms with Gasteiger partial charge in [-0.05, 0) is 43.0 Å². The molecule has 156 valence electrons. The normalized spacial score (nSPS) is 26.7. The zero-order chi connectivity index (χ0) is 20.4. The van der Waals surface area contributed by atoms with E-state index in [0.29, 0.717) is 31.7 Å². The van der Waals surface area contributed by atoms with Gasteiger partial charge in [0.1, 0.15) is 6.04 Å². The summed E-state index contributed by atoms with van der Waals surface area (Å²) in [5, 5.41) is 9.43. The standard InChI is InChI=1S/C21H28N4O4/c1-29-13-21(8-3-9-23-21)12-22-10-14-4-2-5-15-16(14)11-25(20(15)28)17-6-7-18(26)24-19(17)27/h2,4-5,17,22-23H,3,6-13H2,1H3,(H,24,26,27). The number of methoxy groups -OCH3 is 1. The molecule has 3 aliphatic heterocycles. The van der Waals surface area contributed by atoms with Gasteiger partial charge < -0.3 is 20.3 Å². The molecule has 0 saturated carbocycles. The summed E-state index contributed by atoms with van der Waals surface area (Å²) in [6.07, 6.45) is 2.85. The number of piperidine rings is 1. The first-order valence-corrected chi connectivity index (χ1v) is 10.2. The summed E-state index contributed by atoms with van der Waals surface area (Å²) in [6.45, 7) is 3.50. The van der Waals surface area contributed by atoms with E-state index in [-0.39, 0.29) is 29.7 Å². The second kappa shape index (κ2) is 8.22. The third kappa shape index (κ3) is 3.92. The molecule has 2 fully saturated rings. The molecule has 2 unspecified atom stereocenters. The molecule has 0 bridgehead atoms. The molecule has 29 heavy (non-hydrogen) atoms. The van der Waals surface area contributed by atoms with Crippen LogP contribution >= 0.6 is 0 Å². The third-order valence-corrected chi connectivity index (χ3v) is 6.21. The SMILES string of the molecule is COCC1(CNCc2cccc3c2CN(C2CCC(=O)NC2=O)C3=O)CCCN1. The number of hydrogen-bond acceptors (Lipinski definition) is 6. The summed E-state index contributed by atoms with van der Waals surface area (Å²) in [5.74, 6) is -0.786. The number of amides is 3. The van der Waals surface area contributed by atoms with Crippen molar-refractivity contribution in [1.82, 2.24) is 20.9 Å². The average Bonchev–Trinajstić information content (AvgIpc) is 3.28. The molecule has 4 rings (SSSR count). The second-order valence-electron chi connectivity index (χ2n) is 8.19. The Balaban J connectivity index is 1.44. The highest BCUT2D eigenvalue weighted by Gasteiger charge is 2.40. The molecule has 0 aromatic heterocycles. The average molecular weight is 400 g/mol. The van der Waals surface area contributed by atoms with E-state index in [1.807, 2.05) is 18.2 Å². The highest BCUT2D eigenvalue weighted by molar-refractivity contribution is 6.05. The number of nitrogens with zero attached hydrogens (tertiary/aromatic N) is 1. The molecular formula is C21H28N4O4. The van der Waals surface area contributed by atoms with Gasteiger partial charge in [0.05, 0.1) is 12.1 Å². The van der Waals surface area contributed by atoms with Crippen molar-refractivity contribution in [1.29, 1.82) is 0 Å². The van der Waals surface area contributed by atoms with Gasteiger partial charge in [0.25, 0.3) is 5.91 Å². The Bertz CT molecular complexity index is 819. The van der Waals surface area contributed by atoms with Gasteiger partial charge >= 0.3 is 0 Å². The van der Waals surface area contributed by atoms with Gasteiger partial charge in [0.15, 0.2) is 0 Å². The van der Waals surface area contributed by atoms with Crippen molar-refractivity contribution in [2.75, 3.05) is 26.8 Å². The van der Waals surface area contributed by atoms with E-state index < -0.39 is 6.04 Å². The number of ether oxygens (including phenoxy) is 1. The molecule has 1 aromatic carbocycles. The molecule has 1 aromatic rings. The van der Waals surface area contributed by atoms with Crippen molar-refractivity contribution in [2.45, 2.75) is 50.4 Å². The minimum absolute atomic E-state index is 0.0404. The smallest absolute Gasteiger partial charge is 0.255 e. The van der Waals surface area contributed by atoms with Gasteiger partial charge in [-0.3, -0.25) is 19.7 Å². The fraction of sp³-hybridized carbons (Fsp3) is 0.571. The van der Waals surface area contributed by atoms with Crippen LogP contribution in [-0.4, -0.2) is 61.0 Å². The maximum absolute atomic E-state index is 12.9. The van der Waals surface area contributed by atoms with Crippen molar-refractivity contribution in [3.8, 4) is 0 Å². The summed E-state index contributed by atoms with van der Waals surface area (Å²) in [7, 11) is 1.72. The first-order valence-electron chi connectivity index (χ1n) is 10.2. The Labute approximate surface area is 170 Å². The number of carbonyl (C=O) groups is 3. The van der Waals surface area contributed by atoms with E-state index in [0.717, 1.165) is 37.1 Å². The summed E-state index contributed by atoms with van der Waals surface area (Å²) < 4.78 is 5.40. The van der Waals surface area contributed by atoms with Crippen LogP contribution in [0, 0.1) is 0 Å². The molecule has 3 aliphatic rings. The lowest BCUT2D eigenvalue weighted by Crippen LogP contribution is -2.52. The Kier molecular flexibility index (Phi) is 5.67. The lowest BCUT2D eigenvalue weighted by atomic mass is 9.98. The maximum atomic E-state index is 12.9. The van der Waals surface area contributed by atoms with Crippen LogP contribution < -0.4 is 16.0 Å². The molecule has 8 heteroatoms. The van der Waals surface area contributed by atoms with Crippen LogP contribution in [0.5, 0.6) is 0 Å². The number of carbonyl (C=O) groups excluding carboxylic acids is 3. The van der Waals surface area contributed by atoms with Crippen LogP contribution in [0.15, 0.2) is 18.2 Å². The van der Waals surface area contributed by atoms with E-state index in [1.165, 1.54) is 0 Å². The van der Waals surface area contributed by atoms with E-state index in [1.54, 1.807) is 12.0 Å². The minimum Gasteiger partial charge on any atom is -0.383 e. The zero-order valence-corrected chi connectivity index (χ0v) is 16.8. The fourth-order valence-corrected chi connectivity index (χ4v) is 4.72. The van der Waals surface area contributed by atoms with Gasteiger partial charge in [-0.1, -0.05) is 12.1 Å². The highest BCUT2D eigenvalue weighted by Crippen LogP contribution is 2.30. The van der Waals surface area contributed by atoms with Crippen LogP contribution in [-0.2, 0) is 27.4 Å². The summed E-state index contributed by atoms with van der Waals surface area (Å²) >= 11 is 0. The summed E-state index contributed by atoms with van der Waals surface area (Å²) in [4.78, 5) is 38.2. The monoisotopic (exact) mass is 400 g/mol. The quantitative estimate of drug-likeness (QED) is 0.570. The third-order valence-electron chi connectivity index (χ3n) is 6.21. The molecule has 3 amide bonds. The van der Waals surface area contributed by atoms with E-state index in [4.69, 9.17) is 4.74 Å². The van der Waals surface area contributed by atoms with Gasteiger partial charge in [0, 0.05) is 38.7 Å². The topological polar surface area (TPSA) is 99.8 Å². The fourth-order valence-electron chi connectivity index (χ4n) is 4.72. The van der Waals surface area contributed by atoms with Crippen LogP contribution in [0.1, 0.15) is 47.2 Å². The lowest BCUT2D eigenvalue weighted by molar-refractivity contribution is -0.136. The maximum Gasteiger partial charge on any atom is 0.255 e. The first-order chi connectivity index (χ1) is 14.0. The van der Waals surface area contributed by atoms with Crippen LogP contribution in [0.3, 0.4) is 0 Å². The molecule has 0 spiro atoms. The molecule has 0 radical (unpaired) electrons. The Morgan fingerprint density at radius 3 is 2.90 bits per heavy atom. The van der Waals surface area contributed by atoms with Gasteiger partial charge in [-0.15, -0.1) is 0 Å². The van der Waals surface area contributed by atoms with Crippen molar-refractivity contribution in [2.24, 2.45) is 0 Å². The molecule has 3 heterocycles. The second-order valence-corrected chi connectivity index (χ2v) is 8.19.